The Kier molecular flexibility index (Phi) is 7.01. The summed E-state index contributed by atoms with van der Waals surface area (Å²) in [6, 6.07) is 19.5. The van der Waals surface area contributed by atoms with Crippen molar-refractivity contribution in [2.45, 2.75) is 32.8 Å². The second kappa shape index (κ2) is 9.67. The van der Waals surface area contributed by atoms with E-state index in [1.165, 1.54) is 0 Å². The van der Waals surface area contributed by atoms with Crippen molar-refractivity contribution in [3.05, 3.63) is 87.7 Å². The molecule has 0 fully saturated rings. The van der Waals surface area contributed by atoms with Crippen molar-refractivity contribution in [1.82, 2.24) is 9.99 Å². The SMILES string of the molecule is Cc1cc(/C=N\NC(=O)CC[C@@H](O)c2ccccc2)c(C)n1-c1ccc(Br)cc1. The second-order valence-corrected chi connectivity index (χ2v) is 7.81. The van der Waals surface area contributed by atoms with E-state index < -0.39 is 6.10 Å². The zero-order valence-corrected chi connectivity index (χ0v) is 18.1. The lowest BCUT2D eigenvalue weighted by Crippen LogP contribution is -2.18. The molecule has 0 saturated heterocycles. The molecule has 2 N–H and O–H groups in total. The molecule has 150 valence electrons. The molecule has 0 aliphatic carbocycles. The van der Waals surface area contributed by atoms with Gasteiger partial charge in [-0.2, -0.15) is 5.10 Å². The number of amides is 1. The fourth-order valence-corrected chi connectivity index (χ4v) is 3.51. The summed E-state index contributed by atoms with van der Waals surface area (Å²) in [5.74, 6) is -0.224. The molecule has 5 nitrogen and oxygen atoms in total. The number of aliphatic hydroxyl groups is 1. The molecule has 1 atom stereocenters. The smallest absolute Gasteiger partial charge is 0.240 e. The van der Waals surface area contributed by atoms with Gasteiger partial charge < -0.3 is 9.67 Å². The number of hydrazone groups is 1. The van der Waals surface area contributed by atoms with Gasteiger partial charge in [0.05, 0.1) is 12.3 Å². The van der Waals surface area contributed by atoms with Crippen LogP contribution < -0.4 is 5.43 Å². The van der Waals surface area contributed by atoms with E-state index in [2.05, 4.69) is 31.0 Å². The van der Waals surface area contributed by atoms with Crippen molar-refractivity contribution >= 4 is 28.1 Å². The first-order valence-electron chi connectivity index (χ1n) is 9.45. The Bertz CT molecular complexity index is 995. The number of aryl methyl sites for hydroxylation is 1. The minimum absolute atomic E-state index is 0.200. The summed E-state index contributed by atoms with van der Waals surface area (Å²) in [4.78, 5) is 12.0. The summed E-state index contributed by atoms with van der Waals surface area (Å²) < 4.78 is 3.18. The topological polar surface area (TPSA) is 66.6 Å². The number of carbonyl (C=O) groups is 1. The minimum atomic E-state index is -0.657. The van der Waals surface area contributed by atoms with Crippen molar-refractivity contribution in [1.29, 1.82) is 0 Å². The predicted molar refractivity (Wildman–Crippen MR) is 119 cm³/mol. The van der Waals surface area contributed by atoms with E-state index in [0.29, 0.717) is 6.42 Å². The van der Waals surface area contributed by atoms with Gasteiger partial charge in [-0.05, 0) is 56.2 Å². The highest BCUT2D eigenvalue weighted by molar-refractivity contribution is 9.10. The average molecular weight is 454 g/mol. The third-order valence-corrected chi connectivity index (χ3v) is 5.31. The molecule has 2 aromatic carbocycles. The molecule has 1 amide bonds. The Balaban J connectivity index is 1.58. The quantitative estimate of drug-likeness (QED) is 0.397. The number of halogens is 1. The molecule has 6 heteroatoms. The zero-order chi connectivity index (χ0) is 20.8. The molecular formula is C23H24BrN3O2. The molecule has 0 unspecified atom stereocenters. The largest absolute Gasteiger partial charge is 0.388 e. The number of hydrogen-bond acceptors (Lipinski definition) is 3. The van der Waals surface area contributed by atoms with Gasteiger partial charge in [0.15, 0.2) is 0 Å². The summed E-state index contributed by atoms with van der Waals surface area (Å²) in [6.45, 7) is 4.06. The number of carbonyl (C=O) groups excluding carboxylic acids is 1. The summed E-state index contributed by atoms with van der Waals surface area (Å²) >= 11 is 3.46. The monoisotopic (exact) mass is 453 g/mol. The Morgan fingerprint density at radius 1 is 1.17 bits per heavy atom. The van der Waals surface area contributed by atoms with Crippen molar-refractivity contribution in [2.75, 3.05) is 0 Å². The fraction of sp³-hybridized carbons (Fsp3) is 0.217. The van der Waals surface area contributed by atoms with Gasteiger partial charge in [-0.25, -0.2) is 5.43 Å². The zero-order valence-electron chi connectivity index (χ0n) is 16.5. The number of nitrogens with zero attached hydrogens (tertiary/aromatic N) is 2. The van der Waals surface area contributed by atoms with Gasteiger partial charge in [-0.1, -0.05) is 46.3 Å². The lowest BCUT2D eigenvalue weighted by atomic mass is 10.1. The number of aromatic nitrogens is 1. The van der Waals surface area contributed by atoms with E-state index in [1.807, 2.05) is 74.5 Å². The molecule has 1 aromatic heterocycles. The van der Waals surface area contributed by atoms with Crippen LogP contribution in [0, 0.1) is 13.8 Å². The highest BCUT2D eigenvalue weighted by atomic mass is 79.9. The van der Waals surface area contributed by atoms with Crippen LogP contribution in [0.3, 0.4) is 0 Å². The highest BCUT2D eigenvalue weighted by Gasteiger charge is 2.11. The molecule has 0 saturated carbocycles. The molecule has 0 bridgehead atoms. The van der Waals surface area contributed by atoms with Gasteiger partial charge in [-0.3, -0.25) is 4.79 Å². The first kappa shape index (κ1) is 21.0. The third-order valence-electron chi connectivity index (χ3n) is 4.78. The van der Waals surface area contributed by atoms with E-state index in [9.17, 15) is 9.90 Å². The molecule has 0 aliphatic rings. The minimum Gasteiger partial charge on any atom is -0.388 e. The van der Waals surface area contributed by atoms with Gasteiger partial charge in [0.25, 0.3) is 0 Å². The van der Waals surface area contributed by atoms with Crippen LogP contribution in [0.25, 0.3) is 5.69 Å². The van der Waals surface area contributed by atoms with Crippen LogP contribution in [0.1, 0.15) is 41.5 Å². The van der Waals surface area contributed by atoms with E-state index in [0.717, 1.165) is 32.7 Å². The molecule has 0 aliphatic heterocycles. The molecule has 1 heterocycles. The maximum atomic E-state index is 12.0. The molecule has 3 aromatic rings. The van der Waals surface area contributed by atoms with E-state index >= 15 is 0 Å². The van der Waals surface area contributed by atoms with Gasteiger partial charge >= 0.3 is 0 Å². The maximum absolute atomic E-state index is 12.0. The van der Waals surface area contributed by atoms with Gasteiger partial charge in [-0.15, -0.1) is 0 Å². The standard InChI is InChI=1S/C23H24BrN3O2/c1-16-14-19(17(2)27(16)21-10-8-20(24)9-11-21)15-25-26-23(29)13-12-22(28)18-6-4-3-5-7-18/h3-11,14-15,22,28H,12-13H2,1-2H3,(H,26,29)/b25-15-/t22-/m1/s1. The van der Waals surface area contributed by atoms with Crippen LogP contribution in [-0.4, -0.2) is 21.8 Å². The van der Waals surface area contributed by atoms with E-state index in [1.54, 1.807) is 6.21 Å². The average Bonchev–Trinajstić information content (AvgIpc) is 3.01. The number of rotatable bonds is 7. The van der Waals surface area contributed by atoms with Crippen LogP contribution in [-0.2, 0) is 4.79 Å². The van der Waals surface area contributed by atoms with E-state index in [-0.39, 0.29) is 12.3 Å². The lowest BCUT2D eigenvalue weighted by Gasteiger charge is -2.10. The van der Waals surface area contributed by atoms with Crippen molar-refractivity contribution < 1.29 is 9.90 Å². The van der Waals surface area contributed by atoms with E-state index in [4.69, 9.17) is 0 Å². The van der Waals surface area contributed by atoms with Crippen molar-refractivity contribution in [2.24, 2.45) is 5.10 Å². The summed E-state index contributed by atoms with van der Waals surface area (Å²) in [7, 11) is 0. The predicted octanol–water partition coefficient (Wildman–Crippen LogP) is 4.82. The van der Waals surface area contributed by atoms with Crippen LogP contribution in [0.15, 0.2) is 70.2 Å². The fourth-order valence-electron chi connectivity index (χ4n) is 3.25. The number of nitrogens with one attached hydrogen (secondary N) is 1. The summed E-state index contributed by atoms with van der Waals surface area (Å²) in [6.07, 6.45) is 1.55. The number of benzene rings is 2. The van der Waals surface area contributed by atoms with Crippen LogP contribution in [0.2, 0.25) is 0 Å². The first-order valence-corrected chi connectivity index (χ1v) is 10.2. The third kappa shape index (κ3) is 5.43. The van der Waals surface area contributed by atoms with Crippen molar-refractivity contribution in [3.63, 3.8) is 0 Å². The Hall–Kier alpha value is -2.70. The van der Waals surface area contributed by atoms with Crippen LogP contribution in [0.4, 0.5) is 0 Å². The molecule has 3 rings (SSSR count). The number of aliphatic hydroxyl groups excluding tert-OH is 1. The Morgan fingerprint density at radius 2 is 1.86 bits per heavy atom. The second-order valence-electron chi connectivity index (χ2n) is 6.90. The van der Waals surface area contributed by atoms with Gasteiger partial charge in [0.2, 0.25) is 5.91 Å². The Morgan fingerprint density at radius 3 is 2.55 bits per heavy atom. The van der Waals surface area contributed by atoms with Gasteiger partial charge in [0, 0.05) is 33.5 Å². The lowest BCUT2D eigenvalue weighted by molar-refractivity contribution is -0.121. The maximum Gasteiger partial charge on any atom is 0.240 e. The van der Waals surface area contributed by atoms with Crippen LogP contribution >= 0.6 is 15.9 Å². The number of hydrogen-bond donors (Lipinski definition) is 2. The molecule has 0 radical (unpaired) electrons. The Labute approximate surface area is 179 Å². The summed E-state index contributed by atoms with van der Waals surface area (Å²) in [5.41, 5.74) is 7.50. The first-order chi connectivity index (χ1) is 14.0. The molecule has 0 spiro atoms. The highest BCUT2D eigenvalue weighted by Crippen LogP contribution is 2.21. The molecule has 29 heavy (non-hydrogen) atoms. The van der Waals surface area contributed by atoms with Crippen molar-refractivity contribution in [3.8, 4) is 5.69 Å². The summed E-state index contributed by atoms with van der Waals surface area (Å²) in [5, 5.41) is 14.2. The van der Waals surface area contributed by atoms with Gasteiger partial charge in [0.1, 0.15) is 0 Å². The molecular weight excluding hydrogens is 430 g/mol. The normalized spacial score (nSPS) is 12.3. The van der Waals surface area contributed by atoms with Crippen LogP contribution in [0.5, 0.6) is 0 Å².